The number of rotatable bonds is 11. The molecule has 0 bridgehead atoms. The highest BCUT2D eigenvalue weighted by molar-refractivity contribution is 5.96. The molecule has 1 aromatic heterocycles. The molecule has 44 heavy (non-hydrogen) atoms. The van der Waals surface area contributed by atoms with Crippen molar-refractivity contribution in [1.82, 2.24) is 15.6 Å². The molecule has 2 amide bonds. The van der Waals surface area contributed by atoms with Gasteiger partial charge in [-0.15, -0.1) is 0 Å². The summed E-state index contributed by atoms with van der Waals surface area (Å²) in [5.41, 5.74) is 7.63. The van der Waals surface area contributed by atoms with E-state index in [1.165, 1.54) is 18.3 Å². The minimum Gasteiger partial charge on any atom is -0.448 e. The summed E-state index contributed by atoms with van der Waals surface area (Å²) in [6.07, 6.45) is -1.76. The van der Waals surface area contributed by atoms with Gasteiger partial charge >= 0.3 is 12.3 Å². The molecule has 0 unspecified atom stereocenters. The predicted octanol–water partition coefficient (Wildman–Crippen LogP) is 3.41. The number of nitrogens with one attached hydrogen (secondary N) is 3. The van der Waals surface area contributed by atoms with E-state index in [9.17, 15) is 31.5 Å². The lowest BCUT2D eigenvalue weighted by atomic mass is 9.76. The second-order valence-electron chi connectivity index (χ2n) is 10.9. The van der Waals surface area contributed by atoms with E-state index in [4.69, 9.17) is 19.9 Å². The second-order valence-corrected chi connectivity index (χ2v) is 10.9. The Labute approximate surface area is 251 Å². The molecule has 1 aromatic carbocycles. The first-order valence-electron chi connectivity index (χ1n) is 14.3. The van der Waals surface area contributed by atoms with E-state index in [2.05, 4.69) is 15.6 Å². The fraction of sp³-hybridized carbons (Fsp3) is 0.552. The van der Waals surface area contributed by atoms with Crippen LogP contribution in [0, 0.1) is 17.6 Å². The quantitative estimate of drug-likeness (QED) is 0.278. The van der Waals surface area contributed by atoms with E-state index >= 15 is 0 Å². The third kappa shape index (κ3) is 9.81. The molecule has 2 aliphatic rings. The molecular weight excluding hydrogens is 593 g/mol. The van der Waals surface area contributed by atoms with Crippen molar-refractivity contribution < 1.29 is 45.8 Å². The van der Waals surface area contributed by atoms with Crippen LogP contribution in [0.1, 0.15) is 36.3 Å². The van der Waals surface area contributed by atoms with Gasteiger partial charge in [0.05, 0.1) is 42.9 Å². The van der Waals surface area contributed by atoms with Crippen molar-refractivity contribution >= 4 is 17.7 Å². The Morgan fingerprint density at radius 2 is 1.86 bits per heavy atom. The molecule has 10 nitrogen and oxygen atoms in total. The normalized spacial score (nSPS) is 20.9. The number of carbonyl (C=O) groups excluding carboxylic acids is 2. The predicted molar refractivity (Wildman–Crippen MR) is 149 cm³/mol. The van der Waals surface area contributed by atoms with E-state index in [1.807, 2.05) is 0 Å². The van der Waals surface area contributed by atoms with Crippen LogP contribution in [-0.4, -0.2) is 80.9 Å². The summed E-state index contributed by atoms with van der Waals surface area (Å²) >= 11 is 0. The number of alkyl halides is 3. The van der Waals surface area contributed by atoms with Crippen LogP contribution in [0.25, 0.3) is 0 Å². The lowest BCUT2D eigenvalue weighted by Gasteiger charge is -2.34. The highest BCUT2D eigenvalue weighted by atomic mass is 19.4. The van der Waals surface area contributed by atoms with E-state index < -0.39 is 54.4 Å². The molecule has 5 N–H and O–H groups in total. The average molecular weight is 630 g/mol. The van der Waals surface area contributed by atoms with Crippen LogP contribution in [0.5, 0.6) is 0 Å². The monoisotopic (exact) mass is 629 g/mol. The van der Waals surface area contributed by atoms with Gasteiger partial charge in [0, 0.05) is 31.2 Å². The van der Waals surface area contributed by atoms with Crippen molar-refractivity contribution in [3.63, 3.8) is 0 Å². The van der Waals surface area contributed by atoms with Crippen LogP contribution >= 0.6 is 0 Å². The third-order valence-corrected chi connectivity index (χ3v) is 7.71. The molecule has 0 spiro atoms. The van der Waals surface area contributed by atoms with Crippen LogP contribution in [0.3, 0.4) is 0 Å². The third-order valence-electron chi connectivity index (χ3n) is 7.71. The lowest BCUT2D eigenvalue weighted by molar-refractivity contribution is -0.124. The van der Waals surface area contributed by atoms with Crippen molar-refractivity contribution in [2.45, 2.75) is 56.0 Å². The maximum absolute atomic E-state index is 14.9. The number of amides is 2. The average Bonchev–Trinajstić information content (AvgIpc) is 3.00. The number of nitrogens with two attached hydrogens (primary N) is 1. The molecule has 15 heteroatoms. The molecule has 0 aliphatic carbocycles. The van der Waals surface area contributed by atoms with Crippen LogP contribution in [0.15, 0.2) is 36.7 Å². The van der Waals surface area contributed by atoms with Crippen molar-refractivity contribution in [3.05, 3.63) is 59.4 Å². The maximum atomic E-state index is 14.9. The number of ether oxygens (including phenoxy) is 3. The van der Waals surface area contributed by atoms with E-state index in [-0.39, 0.29) is 42.9 Å². The number of morpholine rings is 1. The van der Waals surface area contributed by atoms with Crippen molar-refractivity contribution in [3.8, 4) is 0 Å². The number of halogens is 5. The summed E-state index contributed by atoms with van der Waals surface area (Å²) in [4.78, 5) is 28.7. The van der Waals surface area contributed by atoms with Gasteiger partial charge in [-0.3, -0.25) is 9.78 Å². The fourth-order valence-corrected chi connectivity index (χ4v) is 5.40. The number of carbonyl (C=O) groups is 2. The van der Waals surface area contributed by atoms with E-state index in [1.54, 1.807) is 17.4 Å². The number of aromatic nitrogens is 1. The van der Waals surface area contributed by atoms with Crippen LogP contribution < -0.4 is 21.7 Å². The van der Waals surface area contributed by atoms with Gasteiger partial charge in [0.1, 0.15) is 24.8 Å². The van der Waals surface area contributed by atoms with Crippen molar-refractivity contribution in [2.24, 2.45) is 11.7 Å². The zero-order valence-corrected chi connectivity index (χ0v) is 23.9. The van der Waals surface area contributed by atoms with Gasteiger partial charge in [-0.05, 0) is 49.3 Å². The molecule has 0 saturated carbocycles. The molecular formula is C29H36F5N5O5. The van der Waals surface area contributed by atoms with Gasteiger partial charge in [0.15, 0.2) is 0 Å². The van der Waals surface area contributed by atoms with Crippen molar-refractivity contribution in [1.29, 1.82) is 0 Å². The Morgan fingerprint density at radius 3 is 2.52 bits per heavy atom. The second kappa shape index (κ2) is 15.5. The smallest absolute Gasteiger partial charge is 0.407 e. The summed E-state index contributed by atoms with van der Waals surface area (Å²) in [6, 6.07) is 4.45. The van der Waals surface area contributed by atoms with Gasteiger partial charge < -0.3 is 35.9 Å². The largest absolute Gasteiger partial charge is 0.448 e. The molecule has 0 radical (unpaired) electrons. The molecule has 2 saturated heterocycles. The summed E-state index contributed by atoms with van der Waals surface area (Å²) in [5, 5.41) is 7.46. The van der Waals surface area contributed by atoms with Gasteiger partial charge in [0.25, 0.3) is 0 Å². The molecule has 2 fully saturated rings. The minimum absolute atomic E-state index is 0.0273. The summed E-state index contributed by atoms with van der Waals surface area (Å²) in [5.74, 6) is -1.94. The molecule has 4 rings (SSSR count). The Balaban J connectivity index is 1.32. The SMILES string of the molecule is N[C@H](C(=O)Nc1cncc(F)c1CC[C@@H]1CN[C@H](COC(=O)NCC(F)(F)F)CO1)[C@@H](c1ccc(F)cc1)C1CCOCC1. The number of hydrogen-bond acceptors (Lipinski definition) is 8. The van der Waals surface area contributed by atoms with Gasteiger partial charge in [-0.25, -0.2) is 13.6 Å². The first-order chi connectivity index (χ1) is 21.0. The molecule has 242 valence electrons. The van der Waals surface area contributed by atoms with Crippen LogP contribution in [-0.2, 0) is 25.4 Å². The first-order valence-corrected chi connectivity index (χ1v) is 14.3. The minimum atomic E-state index is -4.54. The number of benzene rings is 1. The standard InChI is InChI=1S/C29H36F5N5O5/c30-19-3-1-17(2-4-19)25(18-7-9-42-10-8-18)26(35)27(40)39-24-13-36-12-23(31)22(24)6-5-21-11-37-20(14-43-21)15-44-28(41)38-16-29(32,33)34/h1-4,12-13,18,20-21,25-26,37H,5-11,14-16,35H2,(H,38,41)(H,39,40)/t20-,21+,25-,26-/m0/s1. The summed E-state index contributed by atoms with van der Waals surface area (Å²) < 4.78 is 81.2. The first kappa shape index (κ1) is 33.5. The number of nitrogens with zero attached hydrogens (tertiary/aromatic N) is 1. The fourth-order valence-electron chi connectivity index (χ4n) is 5.40. The number of alkyl carbamates (subject to hydrolysis) is 1. The summed E-state index contributed by atoms with van der Waals surface area (Å²) in [6.45, 7) is -0.200. The van der Waals surface area contributed by atoms with E-state index in [0.717, 1.165) is 11.8 Å². The van der Waals surface area contributed by atoms with Gasteiger partial charge in [0.2, 0.25) is 5.91 Å². The van der Waals surface area contributed by atoms with Gasteiger partial charge in [-0.1, -0.05) is 12.1 Å². The maximum Gasteiger partial charge on any atom is 0.407 e. The zero-order chi connectivity index (χ0) is 31.7. The Bertz CT molecular complexity index is 1240. The molecule has 4 atom stereocenters. The number of pyridine rings is 1. The number of hydrogen-bond donors (Lipinski definition) is 4. The van der Waals surface area contributed by atoms with E-state index in [0.29, 0.717) is 39.0 Å². The molecule has 2 aliphatic heterocycles. The summed E-state index contributed by atoms with van der Waals surface area (Å²) in [7, 11) is 0. The Hall–Kier alpha value is -3.40. The number of anilines is 1. The lowest BCUT2D eigenvalue weighted by Crippen LogP contribution is -2.49. The topological polar surface area (TPSA) is 137 Å². The van der Waals surface area contributed by atoms with Crippen molar-refractivity contribution in [2.75, 3.05) is 44.8 Å². The molecule has 3 heterocycles. The zero-order valence-electron chi connectivity index (χ0n) is 23.9. The molecule has 2 aromatic rings. The Morgan fingerprint density at radius 1 is 1.14 bits per heavy atom. The highest BCUT2D eigenvalue weighted by Crippen LogP contribution is 2.35. The highest BCUT2D eigenvalue weighted by Gasteiger charge is 2.35. The van der Waals surface area contributed by atoms with Gasteiger partial charge in [-0.2, -0.15) is 13.2 Å². The van der Waals surface area contributed by atoms with Crippen LogP contribution in [0.4, 0.5) is 32.4 Å². The Kier molecular flexibility index (Phi) is 11.8. The van der Waals surface area contributed by atoms with Crippen LogP contribution in [0.2, 0.25) is 0 Å².